The SMILES string of the molecule is CCC(C)CN(CC)C(CN)CC(C)C. The Kier molecular flexibility index (Phi) is 8.07. The van der Waals surface area contributed by atoms with Crippen LogP contribution in [0.2, 0.25) is 0 Å². The molecule has 0 spiro atoms. The van der Waals surface area contributed by atoms with Crippen molar-refractivity contribution in [3.63, 3.8) is 0 Å². The van der Waals surface area contributed by atoms with Crippen molar-refractivity contribution >= 4 is 0 Å². The molecule has 2 heteroatoms. The molecule has 0 aromatic heterocycles. The van der Waals surface area contributed by atoms with Gasteiger partial charge in [-0.05, 0) is 24.8 Å². The predicted molar refractivity (Wildman–Crippen MR) is 69.0 cm³/mol. The van der Waals surface area contributed by atoms with Gasteiger partial charge in [0.1, 0.15) is 0 Å². The molecule has 0 amide bonds. The molecule has 2 nitrogen and oxygen atoms in total. The lowest BCUT2D eigenvalue weighted by atomic mass is 10.0. The summed E-state index contributed by atoms with van der Waals surface area (Å²) in [5, 5.41) is 0. The summed E-state index contributed by atoms with van der Waals surface area (Å²) in [6.45, 7) is 14.5. The Morgan fingerprint density at radius 1 is 1.13 bits per heavy atom. The highest BCUT2D eigenvalue weighted by molar-refractivity contribution is 4.74. The quantitative estimate of drug-likeness (QED) is 0.673. The minimum absolute atomic E-state index is 0.573. The molecule has 0 bridgehead atoms. The zero-order valence-corrected chi connectivity index (χ0v) is 11.3. The summed E-state index contributed by atoms with van der Waals surface area (Å²) in [5.74, 6) is 1.52. The molecule has 15 heavy (non-hydrogen) atoms. The highest BCUT2D eigenvalue weighted by Gasteiger charge is 2.18. The minimum Gasteiger partial charge on any atom is -0.329 e. The normalized spacial score (nSPS) is 16.0. The Bertz CT molecular complexity index is 145. The highest BCUT2D eigenvalue weighted by atomic mass is 15.2. The van der Waals surface area contributed by atoms with Crippen molar-refractivity contribution < 1.29 is 0 Å². The van der Waals surface area contributed by atoms with Gasteiger partial charge in [-0.2, -0.15) is 0 Å². The van der Waals surface area contributed by atoms with Gasteiger partial charge in [-0.1, -0.05) is 41.0 Å². The second-order valence-electron chi connectivity index (χ2n) is 5.12. The van der Waals surface area contributed by atoms with Crippen molar-refractivity contribution in [1.82, 2.24) is 4.90 Å². The van der Waals surface area contributed by atoms with Gasteiger partial charge in [0.15, 0.2) is 0 Å². The van der Waals surface area contributed by atoms with E-state index in [0.717, 1.165) is 24.9 Å². The molecule has 92 valence electrons. The number of hydrogen-bond donors (Lipinski definition) is 1. The average Bonchev–Trinajstić information content (AvgIpc) is 2.22. The standard InChI is InChI=1S/C13H30N2/c1-6-12(5)10-15(7-2)13(9-14)8-11(3)4/h11-13H,6-10,14H2,1-5H3. The zero-order chi connectivity index (χ0) is 11.8. The van der Waals surface area contributed by atoms with Crippen LogP contribution in [0.1, 0.15) is 47.5 Å². The van der Waals surface area contributed by atoms with Gasteiger partial charge in [0.05, 0.1) is 0 Å². The Morgan fingerprint density at radius 3 is 2.07 bits per heavy atom. The van der Waals surface area contributed by atoms with Crippen molar-refractivity contribution in [2.75, 3.05) is 19.6 Å². The summed E-state index contributed by atoms with van der Waals surface area (Å²) in [5.41, 5.74) is 5.87. The highest BCUT2D eigenvalue weighted by Crippen LogP contribution is 2.13. The Balaban J connectivity index is 4.20. The number of nitrogens with two attached hydrogens (primary N) is 1. The first-order valence-corrected chi connectivity index (χ1v) is 6.49. The molecule has 0 aromatic carbocycles. The van der Waals surface area contributed by atoms with E-state index in [1.54, 1.807) is 0 Å². The first kappa shape index (κ1) is 14.9. The number of rotatable bonds is 8. The first-order chi connectivity index (χ1) is 7.04. The van der Waals surface area contributed by atoms with Crippen LogP contribution in [-0.2, 0) is 0 Å². The molecule has 0 aliphatic carbocycles. The van der Waals surface area contributed by atoms with E-state index in [1.807, 2.05) is 0 Å². The lowest BCUT2D eigenvalue weighted by molar-refractivity contribution is 0.162. The van der Waals surface area contributed by atoms with E-state index in [0.29, 0.717) is 6.04 Å². The lowest BCUT2D eigenvalue weighted by Gasteiger charge is -2.33. The topological polar surface area (TPSA) is 29.3 Å². The molecule has 0 fully saturated rings. The lowest BCUT2D eigenvalue weighted by Crippen LogP contribution is -2.43. The summed E-state index contributed by atoms with van der Waals surface area (Å²) < 4.78 is 0. The third-order valence-electron chi connectivity index (χ3n) is 3.18. The molecule has 0 aromatic rings. The molecule has 2 atom stereocenters. The molecule has 0 rings (SSSR count). The second kappa shape index (κ2) is 8.12. The van der Waals surface area contributed by atoms with Crippen molar-refractivity contribution in [3.8, 4) is 0 Å². The van der Waals surface area contributed by atoms with Crippen LogP contribution in [0.15, 0.2) is 0 Å². The van der Waals surface area contributed by atoms with Crippen molar-refractivity contribution in [1.29, 1.82) is 0 Å². The summed E-state index contributed by atoms with van der Waals surface area (Å²) in [6, 6.07) is 0.573. The van der Waals surface area contributed by atoms with E-state index in [-0.39, 0.29) is 0 Å². The summed E-state index contributed by atoms with van der Waals surface area (Å²) in [7, 11) is 0. The van der Waals surface area contributed by atoms with Gasteiger partial charge in [0.25, 0.3) is 0 Å². The Morgan fingerprint density at radius 2 is 1.73 bits per heavy atom. The molecule has 0 heterocycles. The monoisotopic (exact) mass is 214 g/mol. The van der Waals surface area contributed by atoms with Crippen molar-refractivity contribution in [2.45, 2.75) is 53.5 Å². The molecular formula is C13H30N2. The molecule has 0 aliphatic heterocycles. The Hall–Kier alpha value is -0.0800. The van der Waals surface area contributed by atoms with Gasteiger partial charge in [0, 0.05) is 19.1 Å². The van der Waals surface area contributed by atoms with Crippen LogP contribution in [0.5, 0.6) is 0 Å². The molecule has 0 saturated carbocycles. The molecule has 2 N–H and O–H groups in total. The van der Waals surface area contributed by atoms with E-state index >= 15 is 0 Å². The fourth-order valence-corrected chi connectivity index (χ4v) is 2.00. The smallest absolute Gasteiger partial charge is 0.0220 e. The third-order valence-corrected chi connectivity index (χ3v) is 3.18. The maximum absolute atomic E-state index is 5.87. The van der Waals surface area contributed by atoms with E-state index in [2.05, 4.69) is 39.5 Å². The van der Waals surface area contributed by atoms with Crippen LogP contribution >= 0.6 is 0 Å². The minimum atomic E-state index is 0.573. The number of likely N-dealkylation sites (N-methyl/N-ethyl adjacent to an activating group) is 1. The molecule has 0 radical (unpaired) electrons. The molecule has 0 aliphatic rings. The zero-order valence-electron chi connectivity index (χ0n) is 11.3. The predicted octanol–water partition coefficient (Wildman–Crippen LogP) is 2.73. The number of nitrogens with zero attached hydrogens (tertiary/aromatic N) is 1. The second-order valence-corrected chi connectivity index (χ2v) is 5.12. The summed E-state index contributed by atoms with van der Waals surface area (Å²) >= 11 is 0. The van der Waals surface area contributed by atoms with E-state index in [1.165, 1.54) is 19.4 Å². The molecular weight excluding hydrogens is 184 g/mol. The van der Waals surface area contributed by atoms with E-state index < -0.39 is 0 Å². The maximum Gasteiger partial charge on any atom is 0.0220 e. The average molecular weight is 214 g/mol. The van der Waals surface area contributed by atoms with Crippen LogP contribution in [0.3, 0.4) is 0 Å². The summed E-state index contributed by atoms with van der Waals surface area (Å²) in [6.07, 6.45) is 2.48. The van der Waals surface area contributed by atoms with Crippen LogP contribution in [0.25, 0.3) is 0 Å². The van der Waals surface area contributed by atoms with Crippen LogP contribution in [0.4, 0.5) is 0 Å². The van der Waals surface area contributed by atoms with Crippen LogP contribution in [0, 0.1) is 11.8 Å². The summed E-state index contributed by atoms with van der Waals surface area (Å²) in [4.78, 5) is 2.55. The fraction of sp³-hybridized carbons (Fsp3) is 1.00. The van der Waals surface area contributed by atoms with Crippen LogP contribution < -0.4 is 5.73 Å². The van der Waals surface area contributed by atoms with Gasteiger partial charge in [0.2, 0.25) is 0 Å². The fourth-order valence-electron chi connectivity index (χ4n) is 2.00. The first-order valence-electron chi connectivity index (χ1n) is 6.49. The van der Waals surface area contributed by atoms with Gasteiger partial charge in [-0.25, -0.2) is 0 Å². The van der Waals surface area contributed by atoms with Gasteiger partial charge < -0.3 is 5.73 Å². The third kappa shape index (κ3) is 6.16. The molecule has 0 saturated heterocycles. The maximum atomic E-state index is 5.87. The van der Waals surface area contributed by atoms with E-state index in [4.69, 9.17) is 5.73 Å². The molecule has 2 unspecified atom stereocenters. The van der Waals surface area contributed by atoms with Crippen LogP contribution in [-0.4, -0.2) is 30.6 Å². The van der Waals surface area contributed by atoms with Gasteiger partial charge in [-0.15, -0.1) is 0 Å². The number of hydrogen-bond acceptors (Lipinski definition) is 2. The largest absolute Gasteiger partial charge is 0.329 e. The van der Waals surface area contributed by atoms with Gasteiger partial charge in [-0.3, -0.25) is 4.90 Å². The van der Waals surface area contributed by atoms with Gasteiger partial charge >= 0.3 is 0 Å². The Labute approximate surface area is 96.2 Å². The van der Waals surface area contributed by atoms with Crippen molar-refractivity contribution in [2.24, 2.45) is 17.6 Å². The van der Waals surface area contributed by atoms with Crippen molar-refractivity contribution in [3.05, 3.63) is 0 Å². The van der Waals surface area contributed by atoms with E-state index in [9.17, 15) is 0 Å².